The second kappa shape index (κ2) is 17.3. The molecule has 50 heavy (non-hydrogen) atoms. The van der Waals surface area contributed by atoms with E-state index in [1.165, 1.54) is 7.11 Å². The molecule has 3 aliphatic rings. The minimum Gasteiger partial charge on any atom is -0.462 e. The molecule has 18 atom stereocenters. The fourth-order valence-electron chi connectivity index (χ4n) is 8.36. The van der Waals surface area contributed by atoms with Crippen molar-refractivity contribution in [2.75, 3.05) is 21.2 Å². The number of esters is 1. The first kappa shape index (κ1) is 43.1. The number of carbonyl (C=O) groups is 2. The fourth-order valence-corrected chi connectivity index (χ4v) is 8.36. The highest BCUT2D eigenvalue weighted by molar-refractivity contribution is 5.83. The number of likely N-dealkylation sites (N-methyl/N-ethyl adjacent to an activating group) is 1. The Labute approximate surface area is 299 Å². The monoisotopic (exact) mass is 717 g/mol. The minimum atomic E-state index is -1.72. The highest BCUT2D eigenvalue weighted by atomic mass is 16.7. The number of hydrogen-bond donors (Lipinski definition) is 4. The molecule has 4 N–H and O–H groups in total. The second-order valence-electron chi connectivity index (χ2n) is 16.2. The van der Waals surface area contributed by atoms with Crippen LogP contribution in [-0.4, -0.2) is 137 Å². The molecule has 3 aliphatic heterocycles. The molecule has 0 radical (unpaired) electrons. The van der Waals surface area contributed by atoms with Gasteiger partial charge in [-0.2, -0.15) is 0 Å². The number of rotatable bonds is 7. The van der Waals surface area contributed by atoms with Gasteiger partial charge in [0, 0.05) is 43.2 Å². The molecular weight excluding hydrogens is 650 g/mol. The van der Waals surface area contributed by atoms with Crippen LogP contribution in [0.1, 0.15) is 94.9 Å². The van der Waals surface area contributed by atoms with Crippen molar-refractivity contribution < 1.29 is 58.4 Å². The highest BCUT2D eigenvalue weighted by Crippen LogP contribution is 2.40. The van der Waals surface area contributed by atoms with Gasteiger partial charge < -0.3 is 53.7 Å². The normalized spacial score (nSPS) is 49.0. The Morgan fingerprint density at radius 1 is 0.880 bits per heavy atom. The van der Waals surface area contributed by atoms with E-state index in [1.807, 2.05) is 32.8 Å². The predicted molar refractivity (Wildman–Crippen MR) is 185 cm³/mol. The first-order valence-electron chi connectivity index (χ1n) is 18.4. The summed E-state index contributed by atoms with van der Waals surface area (Å²) in [6.45, 7) is 17.4. The zero-order chi connectivity index (χ0) is 38.0. The molecule has 13 nitrogen and oxygen atoms in total. The molecule has 3 saturated heterocycles. The zero-order valence-electron chi connectivity index (χ0n) is 32.6. The quantitative estimate of drug-likeness (QED) is 0.284. The average molecular weight is 718 g/mol. The summed E-state index contributed by atoms with van der Waals surface area (Å²) >= 11 is 0. The van der Waals surface area contributed by atoms with Crippen molar-refractivity contribution in [3.8, 4) is 0 Å². The summed E-state index contributed by atoms with van der Waals surface area (Å²) < 4.78 is 37.3. The van der Waals surface area contributed by atoms with E-state index >= 15 is 0 Å². The van der Waals surface area contributed by atoms with Gasteiger partial charge in [0.25, 0.3) is 0 Å². The smallest absolute Gasteiger partial charge is 0.311 e. The van der Waals surface area contributed by atoms with Gasteiger partial charge >= 0.3 is 5.97 Å². The maximum absolute atomic E-state index is 14.0. The van der Waals surface area contributed by atoms with Crippen LogP contribution in [0, 0.1) is 29.6 Å². The lowest BCUT2D eigenvalue weighted by atomic mass is 9.74. The van der Waals surface area contributed by atoms with Crippen LogP contribution in [0.4, 0.5) is 0 Å². The molecule has 2 unspecified atom stereocenters. The van der Waals surface area contributed by atoms with Gasteiger partial charge in [0.05, 0.1) is 47.6 Å². The van der Waals surface area contributed by atoms with Gasteiger partial charge in [0.15, 0.2) is 12.6 Å². The van der Waals surface area contributed by atoms with Crippen molar-refractivity contribution in [1.29, 1.82) is 0 Å². The second-order valence-corrected chi connectivity index (χ2v) is 16.2. The van der Waals surface area contributed by atoms with E-state index in [4.69, 9.17) is 28.4 Å². The van der Waals surface area contributed by atoms with Crippen molar-refractivity contribution >= 4 is 11.8 Å². The fraction of sp³-hybridized carbons (Fsp3) is 0.946. The SMILES string of the molecule is CCC1OC(=O)[C@H](C)C(O[C@H]2C[C@@](C)(OC)[C@@H](O)[C@H](C)O2)[C@H](C)[C@@H](O[C@@H]2O[C@H](C)C[C@H](N(C)C)[C@H]2O)[C@](C)(O)C[C@@H](C)C(=O)[C@H](C)[C@@H](O)[C@H]1C. The average Bonchev–Trinajstić information content (AvgIpc) is 3.05. The number of aliphatic hydroxyl groups is 4. The van der Waals surface area contributed by atoms with Gasteiger partial charge in [-0.15, -0.1) is 0 Å². The number of aliphatic hydroxyl groups excluding tert-OH is 3. The van der Waals surface area contributed by atoms with E-state index in [2.05, 4.69) is 0 Å². The lowest BCUT2D eigenvalue weighted by Gasteiger charge is -2.49. The first-order valence-corrected chi connectivity index (χ1v) is 18.4. The van der Waals surface area contributed by atoms with Gasteiger partial charge in [0.1, 0.15) is 24.1 Å². The van der Waals surface area contributed by atoms with Gasteiger partial charge in [-0.3, -0.25) is 9.59 Å². The van der Waals surface area contributed by atoms with Crippen molar-refractivity contribution in [2.45, 2.75) is 174 Å². The molecule has 0 aliphatic carbocycles. The molecule has 0 spiro atoms. The lowest BCUT2D eigenvalue weighted by Crippen LogP contribution is -2.60. The summed E-state index contributed by atoms with van der Waals surface area (Å²) in [5.41, 5.74) is -2.73. The third-order valence-electron chi connectivity index (χ3n) is 11.8. The minimum absolute atomic E-state index is 0.0462. The molecule has 3 heterocycles. The van der Waals surface area contributed by atoms with Crippen LogP contribution in [0.2, 0.25) is 0 Å². The van der Waals surface area contributed by atoms with Crippen LogP contribution in [0.25, 0.3) is 0 Å². The standard InChI is InChI=1S/C37H67NO12/c1-14-26-20(4)29(40)21(5)28(39)18(2)16-36(9,44)33(50-35-30(41)25(38(11)12)15-19(3)46-35)22(6)31(23(7)34(43)48-26)49-27-17-37(10,45-13)32(42)24(8)47-27/h18-27,29-33,35,40-42,44H,14-17H2,1-13H3/t18-,19-,20+,21+,22+,23-,24+,25+,26?,27+,29+,30-,31?,32+,33-,35+,36-,37-/m1/s1. The zero-order valence-corrected chi connectivity index (χ0v) is 32.6. The number of hydrogen-bond acceptors (Lipinski definition) is 13. The molecular formula is C37H67NO12. The van der Waals surface area contributed by atoms with Crippen molar-refractivity contribution in [2.24, 2.45) is 29.6 Å². The molecule has 0 aromatic heterocycles. The van der Waals surface area contributed by atoms with E-state index < -0.39 is 102 Å². The molecule has 0 saturated carbocycles. The molecule has 3 fully saturated rings. The van der Waals surface area contributed by atoms with Crippen LogP contribution in [0.3, 0.4) is 0 Å². The molecule has 0 amide bonds. The molecule has 0 aromatic rings. The van der Waals surface area contributed by atoms with E-state index in [9.17, 15) is 30.0 Å². The Morgan fingerprint density at radius 2 is 1.50 bits per heavy atom. The number of Topliss-reactive ketones (excluding diaryl/α,β-unsaturated/α-hetero) is 1. The van der Waals surface area contributed by atoms with Crippen LogP contribution < -0.4 is 0 Å². The van der Waals surface area contributed by atoms with Crippen LogP contribution >= 0.6 is 0 Å². The number of carbonyl (C=O) groups excluding carboxylic acids is 2. The predicted octanol–water partition coefficient (Wildman–Crippen LogP) is 2.67. The van der Waals surface area contributed by atoms with E-state index in [0.717, 1.165) is 0 Å². The molecule has 0 bridgehead atoms. The number of cyclic esters (lactones) is 1. The van der Waals surface area contributed by atoms with E-state index in [1.54, 1.807) is 55.4 Å². The third kappa shape index (κ3) is 9.45. The Kier molecular flexibility index (Phi) is 14.9. The van der Waals surface area contributed by atoms with Gasteiger partial charge in [-0.25, -0.2) is 0 Å². The Bertz CT molecular complexity index is 1120. The summed E-state index contributed by atoms with van der Waals surface area (Å²) in [5.74, 6) is -4.59. The van der Waals surface area contributed by atoms with Gasteiger partial charge in [-0.05, 0) is 68.0 Å². The Balaban J connectivity index is 2.16. The van der Waals surface area contributed by atoms with Crippen LogP contribution in [0.15, 0.2) is 0 Å². The Hall–Kier alpha value is -1.26. The van der Waals surface area contributed by atoms with E-state index in [-0.39, 0.29) is 30.8 Å². The van der Waals surface area contributed by atoms with Crippen molar-refractivity contribution in [1.82, 2.24) is 4.90 Å². The van der Waals surface area contributed by atoms with Crippen LogP contribution in [0.5, 0.6) is 0 Å². The summed E-state index contributed by atoms with van der Waals surface area (Å²) in [7, 11) is 5.23. The molecule has 292 valence electrons. The summed E-state index contributed by atoms with van der Waals surface area (Å²) in [4.78, 5) is 29.7. The molecule has 13 heteroatoms. The Morgan fingerprint density at radius 3 is 2.06 bits per heavy atom. The highest BCUT2D eigenvalue weighted by Gasteiger charge is 2.52. The van der Waals surface area contributed by atoms with E-state index in [0.29, 0.717) is 12.8 Å². The van der Waals surface area contributed by atoms with Crippen molar-refractivity contribution in [3.63, 3.8) is 0 Å². The summed E-state index contributed by atoms with van der Waals surface area (Å²) in [6, 6.07) is -0.297. The summed E-state index contributed by atoms with van der Waals surface area (Å²) in [5, 5.41) is 46.0. The topological polar surface area (TPSA) is 174 Å². The molecule has 3 rings (SSSR count). The van der Waals surface area contributed by atoms with Crippen molar-refractivity contribution in [3.05, 3.63) is 0 Å². The lowest BCUT2D eigenvalue weighted by molar-refractivity contribution is -0.317. The number of methoxy groups -OCH3 is 1. The maximum atomic E-state index is 14.0. The van der Waals surface area contributed by atoms with Gasteiger partial charge in [-0.1, -0.05) is 34.6 Å². The number of ether oxygens (including phenoxy) is 6. The summed E-state index contributed by atoms with van der Waals surface area (Å²) in [6.07, 6.45) is -7.91. The third-order valence-corrected chi connectivity index (χ3v) is 11.8. The van der Waals surface area contributed by atoms with Crippen LogP contribution in [-0.2, 0) is 38.0 Å². The maximum Gasteiger partial charge on any atom is 0.311 e. The number of ketones is 1. The molecule has 0 aromatic carbocycles. The first-order chi connectivity index (χ1) is 23.1. The van der Waals surface area contributed by atoms with Gasteiger partial charge in [0.2, 0.25) is 0 Å². The number of nitrogens with zero attached hydrogens (tertiary/aromatic N) is 1. The largest absolute Gasteiger partial charge is 0.462 e.